The van der Waals surface area contributed by atoms with Gasteiger partial charge in [-0.25, -0.2) is 4.90 Å². The molecule has 2 bridgehead atoms. The summed E-state index contributed by atoms with van der Waals surface area (Å²) in [5.41, 5.74) is 2.86. The van der Waals surface area contributed by atoms with E-state index in [2.05, 4.69) is 0 Å². The molecule has 3 nitrogen and oxygen atoms in total. The van der Waals surface area contributed by atoms with Crippen LogP contribution in [0, 0.1) is 11.8 Å². The van der Waals surface area contributed by atoms with E-state index in [0.29, 0.717) is 0 Å². The van der Waals surface area contributed by atoms with E-state index in [0.717, 1.165) is 39.3 Å². The molecule has 2 amide bonds. The van der Waals surface area contributed by atoms with Gasteiger partial charge in [-0.3, -0.25) is 9.59 Å². The lowest BCUT2D eigenvalue weighted by molar-refractivity contribution is -0.137. The Labute approximate surface area is 186 Å². The Bertz CT molecular complexity index is 1200. The molecule has 0 aromatic heterocycles. The first-order valence-corrected chi connectivity index (χ1v) is 10.6. The number of anilines is 1. The number of benzene rings is 3. The molecule has 1 heterocycles. The Morgan fingerprint density at radius 1 is 0.719 bits per heavy atom. The summed E-state index contributed by atoms with van der Waals surface area (Å²) in [6.45, 7) is 0. The molecule has 7 heteroatoms. The molecule has 3 aromatic carbocycles. The molecule has 4 aliphatic rings. The lowest BCUT2D eigenvalue weighted by Crippen LogP contribution is -2.41. The van der Waals surface area contributed by atoms with Crippen LogP contribution < -0.4 is 4.90 Å². The molecule has 160 valence electrons. The molecule has 32 heavy (non-hydrogen) atoms. The molecule has 0 spiro atoms. The van der Waals surface area contributed by atoms with Crippen molar-refractivity contribution in [2.24, 2.45) is 11.8 Å². The third kappa shape index (κ3) is 2.44. The number of hydrogen-bond donors (Lipinski definition) is 0. The Morgan fingerprint density at radius 2 is 1.16 bits per heavy atom. The second kappa shape index (κ2) is 6.45. The van der Waals surface area contributed by atoms with Gasteiger partial charge in [-0.1, -0.05) is 60.1 Å². The van der Waals surface area contributed by atoms with Gasteiger partial charge in [0.25, 0.3) is 0 Å². The summed E-state index contributed by atoms with van der Waals surface area (Å²) in [6.07, 6.45) is -4.70. The molecule has 0 radical (unpaired) electrons. The molecular weight excluding hydrogens is 439 g/mol. The zero-order valence-corrected chi connectivity index (χ0v) is 17.2. The summed E-state index contributed by atoms with van der Waals surface area (Å²) in [4.78, 5) is 28.1. The number of hydrogen-bond acceptors (Lipinski definition) is 2. The van der Waals surface area contributed by atoms with Gasteiger partial charge in [0.15, 0.2) is 0 Å². The highest BCUT2D eigenvalue weighted by Crippen LogP contribution is 2.61. The Morgan fingerprint density at radius 3 is 1.56 bits per heavy atom. The molecule has 0 N–H and O–H groups in total. The molecule has 1 aliphatic heterocycles. The topological polar surface area (TPSA) is 37.4 Å². The van der Waals surface area contributed by atoms with Crippen LogP contribution in [0.15, 0.2) is 66.7 Å². The number of halogens is 4. The average Bonchev–Trinajstić information content (AvgIpc) is 3.04. The van der Waals surface area contributed by atoms with Gasteiger partial charge in [0.05, 0.1) is 28.1 Å². The first kappa shape index (κ1) is 19.6. The van der Waals surface area contributed by atoms with Crippen molar-refractivity contribution in [3.05, 3.63) is 99.6 Å². The van der Waals surface area contributed by atoms with Gasteiger partial charge in [0, 0.05) is 11.8 Å². The van der Waals surface area contributed by atoms with Crippen molar-refractivity contribution in [1.82, 2.24) is 0 Å². The van der Waals surface area contributed by atoms with Gasteiger partial charge in [-0.05, 0) is 40.5 Å². The van der Waals surface area contributed by atoms with Crippen LogP contribution in [0.2, 0.25) is 5.02 Å². The van der Waals surface area contributed by atoms with E-state index in [1.165, 1.54) is 6.07 Å². The van der Waals surface area contributed by atoms with Crippen molar-refractivity contribution < 1.29 is 22.8 Å². The zero-order chi connectivity index (χ0) is 22.4. The van der Waals surface area contributed by atoms with E-state index in [-0.39, 0.29) is 17.5 Å². The fourth-order valence-corrected chi connectivity index (χ4v) is 6.03. The predicted octanol–water partition coefficient (Wildman–Crippen LogP) is 5.76. The Hall–Kier alpha value is -3.12. The fraction of sp³-hybridized carbons (Fsp3) is 0.200. The van der Waals surface area contributed by atoms with Gasteiger partial charge in [0.1, 0.15) is 0 Å². The molecule has 3 aliphatic carbocycles. The summed E-state index contributed by atoms with van der Waals surface area (Å²) >= 11 is 5.75. The summed E-state index contributed by atoms with van der Waals surface area (Å²) in [5, 5.41) is -0.474. The molecule has 1 fully saturated rings. The quantitative estimate of drug-likeness (QED) is 0.440. The summed E-state index contributed by atoms with van der Waals surface area (Å²) in [6, 6.07) is 18.7. The minimum Gasteiger partial charge on any atom is -0.274 e. The number of carbonyl (C=O) groups excluding carboxylic acids is 2. The van der Waals surface area contributed by atoms with Crippen LogP contribution in [-0.4, -0.2) is 11.8 Å². The SMILES string of the molecule is O=C1[C@@H]2C3c4ccccc4C(c4ccccc43)[C@@H]2C(=O)N1c1ccc(Cl)c(C(F)(F)F)c1. The number of amides is 2. The van der Waals surface area contributed by atoms with E-state index < -0.39 is 40.4 Å². The second-order valence-electron chi connectivity index (χ2n) is 8.44. The standard InChI is InChI=1S/C25H15ClF3NO2/c26-18-10-9-12(11-17(18)25(27,28)29)30-23(31)21-19-13-5-1-2-6-14(13)20(22(21)24(30)32)16-8-4-3-7-15(16)19/h1-11,19-22H/t19?,20?,21-,22+. The fourth-order valence-electron chi connectivity index (χ4n) is 5.80. The number of imide groups is 1. The smallest absolute Gasteiger partial charge is 0.274 e. The predicted molar refractivity (Wildman–Crippen MR) is 112 cm³/mol. The number of carbonyl (C=O) groups is 2. The van der Waals surface area contributed by atoms with E-state index in [1.54, 1.807) is 0 Å². The molecular formula is C25H15ClF3NO2. The van der Waals surface area contributed by atoms with Crippen molar-refractivity contribution >= 4 is 29.1 Å². The second-order valence-corrected chi connectivity index (χ2v) is 8.85. The van der Waals surface area contributed by atoms with E-state index in [4.69, 9.17) is 11.6 Å². The van der Waals surface area contributed by atoms with Gasteiger partial charge in [-0.15, -0.1) is 0 Å². The van der Waals surface area contributed by atoms with E-state index in [1.807, 2.05) is 48.5 Å². The minimum absolute atomic E-state index is 0.0985. The first-order chi connectivity index (χ1) is 15.3. The number of nitrogens with zero attached hydrogens (tertiary/aromatic N) is 1. The molecule has 2 atom stereocenters. The van der Waals surface area contributed by atoms with Gasteiger partial charge < -0.3 is 0 Å². The Kier molecular flexibility index (Phi) is 3.94. The molecule has 7 rings (SSSR count). The molecule has 3 aromatic rings. The first-order valence-electron chi connectivity index (χ1n) is 10.2. The highest BCUT2D eigenvalue weighted by molar-refractivity contribution is 6.31. The van der Waals surface area contributed by atoms with Crippen molar-refractivity contribution in [2.75, 3.05) is 4.90 Å². The number of alkyl halides is 3. The van der Waals surface area contributed by atoms with Crippen molar-refractivity contribution in [3.8, 4) is 0 Å². The lowest BCUT2D eigenvalue weighted by atomic mass is 9.55. The molecule has 1 saturated heterocycles. The maximum atomic E-state index is 13.6. The maximum absolute atomic E-state index is 13.6. The van der Waals surface area contributed by atoms with E-state index >= 15 is 0 Å². The number of rotatable bonds is 1. The summed E-state index contributed by atoms with van der Waals surface area (Å²) < 4.78 is 40.3. The molecule has 0 saturated carbocycles. The maximum Gasteiger partial charge on any atom is 0.417 e. The van der Waals surface area contributed by atoms with Crippen LogP contribution in [0.3, 0.4) is 0 Å². The van der Waals surface area contributed by atoms with Crippen LogP contribution in [0.5, 0.6) is 0 Å². The zero-order valence-electron chi connectivity index (χ0n) is 16.4. The van der Waals surface area contributed by atoms with Crippen LogP contribution in [-0.2, 0) is 15.8 Å². The van der Waals surface area contributed by atoms with Gasteiger partial charge in [0.2, 0.25) is 11.8 Å². The van der Waals surface area contributed by atoms with Crippen LogP contribution in [0.25, 0.3) is 0 Å². The third-order valence-electron chi connectivity index (χ3n) is 6.96. The highest BCUT2D eigenvalue weighted by atomic mass is 35.5. The van der Waals surface area contributed by atoms with E-state index in [9.17, 15) is 22.8 Å². The van der Waals surface area contributed by atoms with Crippen molar-refractivity contribution in [2.45, 2.75) is 18.0 Å². The summed E-state index contributed by atoms with van der Waals surface area (Å²) in [5.74, 6) is -2.85. The monoisotopic (exact) mass is 453 g/mol. The van der Waals surface area contributed by atoms with Gasteiger partial charge >= 0.3 is 6.18 Å². The average molecular weight is 454 g/mol. The van der Waals surface area contributed by atoms with Gasteiger partial charge in [-0.2, -0.15) is 13.2 Å². The largest absolute Gasteiger partial charge is 0.417 e. The normalized spacial score (nSPS) is 25.6. The van der Waals surface area contributed by atoms with Crippen molar-refractivity contribution in [3.63, 3.8) is 0 Å². The van der Waals surface area contributed by atoms with Crippen molar-refractivity contribution in [1.29, 1.82) is 0 Å². The third-order valence-corrected chi connectivity index (χ3v) is 7.29. The highest BCUT2D eigenvalue weighted by Gasteiger charge is 2.61. The lowest BCUT2D eigenvalue weighted by Gasteiger charge is -2.45. The summed E-state index contributed by atoms with van der Waals surface area (Å²) in [7, 11) is 0. The van der Waals surface area contributed by atoms with Crippen LogP contribution >= 0.6 is 11.6 Å². The minimum atomic E-state index is -4.70. The van der Waals surface area contributed by atoms with Crippen LogP contribution in [0.4, 0.5) is 18.9 Å². The van der Waals surface area contributed by atoms with Crippen LogP contribution in [0.1, 0.15) is 39.7 Å². The molecule has 0 unspecified atom stereocenters. The Balaban J connectivity index is 1.52.